The Balaban J connectivity index is 2.24. The van der Waals surface area contributed by atoms with Crippen molar-refractivity contribution in [2.75, 3.05) is 19.6 Å². The molecular weight excluding hydrogens is 418 g/mol. The summed E-state index contributed by atoms with van der Waals surface area (Å²) >= 11 is 0. The van der Waals surface area contributed by atoms with E-state index in [1.54, 1.807) is 31.2 Å². The van der Waals surface area contributed by atoms with E-state index in [9.17, 15) is 18.0 Å². The number of nitrogens with one attached hydrogen (secondary N) is 1. The van der Waals surface area contributed by atoms with Gasteiger partial charge in [-0.05, 0) is 58.9 Å². The van der Waals surface area contributed by atoms with Gasteiger partial charge in [0, 0.05) is 12.1 Å². The van der Waals surface area contributed by atoms with Crippen LogP contribution < -0.4 is 5.32 Å². The Hall–Kier alpha value is -2.65. The number of hydrogen-bond acceptors (Lipinski definition) is 5. The van der Waals surface area contributed by atoms with Crippen molar-refractivity contribution in [3.8, 4) is 0 Å². The van der Waals surface area contributed by atoms with Crippen molar-refractivity contribution in [2.24, 2.45) is 0 Å². The van der Waals surface area contributed by atoms with Crippen molar-refractivity contribution in [3.63, 3.8) is 0 Å². The number of aryl methyl sites for hydroxylation is 1. The van der Waals surface area contributed by atoms with E-state index < -0.39 is 28.0 Å². The average molecular weight is 450 g/mol. The molecule has 2 aromatic rings. The molecule has 1 aromatic heterocycles. The van der Waals surface area contributed by atoms with Gasteiger partial charge in [-0.25, -0.2) is 8.42 Å². The van der Waals surface area contributed by atoms with E-state index in [4.69, 9.17) is 4.42 Å². The molecule has 1 N–H and O–H groups in total. The third kappa shape index (κ3) is 7.22. The number of nitrogens with zero attached hydrogens (tertiary/aromatic N) is 2. The Bertz CT molecular complexity index is 977. The molecule has 8 nitrogen and oxygen atoms in total. The standard InChI is InChI=1S/C22H31N3O5S/c1-6-24(15-20(26)23-22(3,4)5)21(27)16-25(14-18-8-7-13-30-18)31(28,29)19-11-9-17(2)10-12-19/h7-13H,6,14-16H2,1-5H3,(H,23,26). The average Bonchev–Trinajstić information content (AvgIpc) is 3.17. The van der Waals surface area contributed by atoms with E-state index in [2.05, 4.69) is 5.32 Å². The van der Waals surface area contributed by atoms with Gasteiger partial charge in [0.2, 0.25) is 21.8 Å². The molecule has 2 amide bonds. The van der Waals surface area contributed by atoms with Gasteiger partial charge in [-0.3, -0.25) is 9.59 Å². The van der Waals surface area contributed by atoms with Crippen LogP contribution in [-0.4, -0.2) is 54.6 Å². The zero-order chi connectivity index (χ0) is 23.2. The number of likely N-dealkylation sites (N-methyl/N-ethyl adjacent to an activating group) is 1. The number of amides is 2. The summed E-state index contributed by atoms with van der Waals surface area (Å²) in [5, 5.41) is 2.81. The Morgan fingerprint density at radius 1 is 1.06 bits per heavy atom. The highest BCUT2D eigenvalue weighted by atomic mass is 32.2. The fourth-order valence-corrected chi connectivity index (χ4v) is 4.28. The molecule has 0 bridgehead atoms. The molecular formula is C22H31N3O5S. The zero-order valence-corrected chi connectivity index (χ0v) is 19.5. The van der Waals surface area contributed by atoms with Crippen molar-refractivity contribution < 1.29 is 22.4 Å². The molecule has 0 atom stereocenters. The summed E-state index contributed by atoms with van der Waals surface area (Å²) < 4.78 is 32.9. The molecule has 0 aliphatic carbocycles. The molecule has 1 aromatic carbocycles. The van der Waals surface area contributed by atoms with Gasteiger partial charge in [0.1, 0.15) is 5.76 Å². The minimum atomic E-state index is -3.96. The van der Waals surface area contributed by atoms with Gasteiger partial charge in [0.15, 0.2) is 0 Å². The highest BCUT2D eigenvalue weighted by Crippen LogP contribution is 2.19. The second-order valence-corrected chi connectivity index (χ2v) is 10.3. The van der Waals surface area contributed by atoms with Crippen LogP contribution in [0.2, 0.25) is 0 Å². The van der Waals surface area contributed by atoms with E-state index in [0.29, 0.717) is 5.76 Å². The number of furan rings is 1. The quantitative estimate of drug-likeness (QED) is 0.634. The van der Waals surface area contributed by atoms with Crippen LogP contribution in [0.4, 0.5) is 0 Å². The number of benzene rings is 1. The second kappa shape index (κ2) is 10.1. The van der Waals surface area contributed by atoms with Crippen molar-refractivity contribution >= 4 is 21.8 Å². The molecule has 170 valence electrons. The van der Waals surface area contributed by atoms with Crippen LogP contribution >= 0.6 is 0 Å². The lowest BCUT2D eigenvalue weighted by atomic mass is 10.1. The summed E-state index contributed by atoms with van der Waals surface area (Å²) in [7, 11) is -3.96. The highest BCUT2D eigenvalue weighted by molar-refractivity contribution is 7.89. The van der Waals surface area contributed by atoms with Gasteiger partial charge in [-0.1, -0.05) is 17.7 Å². The summed E-state index contributed by atoms with van der Waals surface area (Å²) in [6.45, 7) is 8.78. The molecule has 1 heterocycles. The van der Waals surface area contributed by atoms with Gasteiger partial charge in [0.05, 0.1) is 30.8 Å². The third-order valence-corrected chi connectivity index (χ3v) is 6.27. The fourth-order valence-electron chi connectivity index (χ4n) is 2.92. The molecule has 0 radical (unpaired) electrons. The largest absolute Gasteiger partial charge is 0.468 e. The maximum atomic E-state index is 13.3. The minimum absolute atomic E-state index is 0.0889. The lowest BCUT2D eigenvalue weighted by Crippen LogP contribution is -2.49. The Kier molecular flexibility index (Phi) is 8.02. The Morgan fingerprint density at radius 3 is 2.23 bits per heavy atom. The van der Waals surface area contributed by atoms with Crippen LogP contribution in [0.15, 0.2) is 52.0 Å². The molecule has 0 saturated carbocycles. The predicted octanol–water partition coefficient (Wildman–Crippen LogP) is 2.54. The van der Waals surface area contributed by atoms with Crippen LogP contribution in [0.3, 0.4) is 0 Å². The highest BCUT2D eigenvalue weighted by Gasteiger charge is 2.30. The van der Waals surface area contributed by atoms with E-state index in [1.807, 2.05) is 27.7 Å². The van der Waals surface area contributed by atoms with Gasteiger partial charge in [-0.15, -0.1) is 0 Å². The third-order valence-electron chi connectivity index (χ3n) is 4.47. The van der Waals surface area contributed by atoms with E-state index in [1.165, 1.54) is 23.3 Å². The summed E-state index contributed by atoms with van der Waals surface area (Å²) in [4.78, 5) is 26.7. The first-order valence-electron chi connectivity index (χ1n) is 10.1. The number of hydrogen-bond donors (Lipinski definition) is 1. The molecule has 9 heteroatoms. The summed E-state index contributed by atoms with van der Waals surface area (Å²) in [6.07, 6.45) is 1.45. The smallest absolute Gasteiger partial charge is 0.243 e. The van der Waals surface area contributed by atoms with Crippen LogP contribution in [0, 0.1) is 6.92 Å². The first-order chi connectivity index (χ1) is 14.4. The summed E-state index contributed by atoms with van der Waals surface area (Å²) in [5.41, 5.74) is 0.495. The topological polar surface area (TPSA) is 99.9 Å². The first-order valence-corrected chi connectivity index (χ1v) is 11.5. The summed E-state index contributed by atoms with van der Waals surface area (Å²) in [6, 6.07) is 9.74. The molecule has 31 heavy (non-hydrogen) atoms. The molecule has 0 unspecified atom stereocenters. The Labute approximate surface area is 184 Å². The van der Waals surface area contributed by atoms with Crippen LogP contribution in [-0.2, 0) is 26.2 Å². The van der Waals surface area contributed by atoms with Gasteiger partial charge >= 0.3 is 0 Å². The molecule has 0 spiro atoms. The molecule has 0 saturated heterocycles. The van der Waals surface area contributed by atoms with E-state index >= 15 is 0 Å². The normalized spacial score (nSPS) is 12.1. The molecule has 0 aliphatic heterocycles. The van der Waals surface area contributed by atoms with Crippen molar-refractivity contribution in [1.82, 2.24) is 14.5 Å². The van der Waals surface area contributed by atoms with Gasteiger partial charge in [0.25, 0.3) is 0 Å². The molecule has 0 fully saturated rings. The van der Waals surface area contributed by atoms with Crippen molar-refractivity contribution in [2.45, 2.75) is 51.6 Å². The first kappa shape index (κ1) is 24.6. The molecule has 0 aliphatic rings. The minimum Gasteiger partial charge on any atom is -0.468 e. The lowest BCUT2D eigenvalue weighted by Gasteiger charge is -2.27. The maximum absolute atomic E-state index is 13.3. The molecule has 2 rings (SSSR count). The number of sulfonamides is 1. The van der Waals surface area contributed by atoms with Crippen molar-refractivity contribution in [1.29, 1.82) is 0 Å². The Morgan fingerprint density at radius 2 is 1.71 bits per heavy atom. The van der Waals surface area contributed by atoms with Crippen molar-refractivity contribution in [3.05, 3.63) is 54.0 Å². The predicted molar refractivity (Wildman–Crippen MR) is 118 cm³/mol. The number of carbonyl (C=O) groups is 2. The lowest BCUT2D eigenvalue weighted by molar-refractivity contribution is -0.136. The number of carbonyl (C=O) groups excluding carboxylic acids is 2. The fraction of sp³-hybridized carbons (Fsp3) is 0.455. The maximum Gasteiger partial charge on any atom is 0.243 e. The van der Waals surface area contributed by atoms with Gasteiger partial charge < -0.3 is 14.6 Å². The van der Waals surface area contributed by atoms with Gasteiger partial charge in [-0.2, -0.15) is 4.31 Å². The second-order valence-electron chi connectivity index (χ2n) is 8.37. The zero-order valence-electron chi connectivity index (χ0n) is 18.7. The monoisotopic (exact) mass is 449 g/mol. The summed E-state index contributed by atoms with van der Waals surface area (Å²) in [5.74, 6) is -0.354. The SMILES string of the molecule is CCN(CC(=O)NC(C)(C)C)C(=O)CN(Cc1ccco1)S(=O)(=O)c1ccc(C)cc1. The van der Waals surface area contributed by atoms with E-state index in [-0.39, 0.29) is 30.4 Å². The number of rotatable bonds is 9. The van der Waals surface area contributed by atoms with E-state index in [0.717, 1.165) is 9.87 Å². The van der Waals surface area contributed by atoms with Crippen LogP contribution in [0.25, 0.3) is 0 Å². The van der Waals surface area contributed by atoms with Crippen LogP contribution in [0.1, 0.15) is 39.0 Å². The van der Waals surface area contributed by atoms with Crippen LogP contribution in [0.5, 0.6) is 0 Å².